The van der Waals surface area contributed by atoms with Crippen molar-refractivity contribution >= 4 is 56.4 Å². The van der Waals surface area contributed by atoms with Crippen LogP contribution in [0.2, 0.25) is 0 Å². The third-order valence-corrected chi connectivity index (χ3v) is 10.3. The molecule has 3 aromatic carbocycles. The third-order valence-electron chi connectivity index (χ3n) is 7.33. The zero-order chi connectivity index (χ0) is 26.6. The molecule has 0 fully saturated rings. The Labute approximate surface area is 241 Å². The van der Waals surface area contributed by atoms with Crippen LogP contribution in [-0.4, -0.2) is 9.55 Å². The number of para-hydroxylation sites is 1. The number of fused-ring (bicyclic) bond motifs is 4. The summed E-state index contributed by atoms with van der Waals surface area (Å²) in [6.07, 6.45) is 3.66. The first-order valence-corrected chi connectivity index (χ1v) is 15.5. The largest absolute Gasteiger partial charge is 0.450 e. The van der Waals surface area contributed by atoms with Crippen LogP contribution in [0.4, 0.5) is 0 Å². The van der Waals surface area contributed by atoms with Crippen LogP contribution in [0.5, 0.6) is 0 Å². The van der Waals surface area contributed by atoms with Gasteiger partial charge in [0.05, 0.1) is 26.5 Å². The molecule has 0 spiro atoms. The number of hydrogen-bond acceptors (Lipinski definition) is 7. The highest BCUT2D eigenvalue weighted by molar-refractivity contribution is 8.01. The van der Waals surface area contributed by atoms with Crippen molar-refractivity contribution in [2.45, 2.75) is 28.3 Å². The summed E-state index contributed by atoms with van der Waals surface area (Å²) in [4.78, 5) is 24.4. The van der Waals surface area contributed by atoms with Crippen LogP contribution in [0.25, 0.3) is 22.0 Å². The lowest BCUT2D eigenvalue weighted by atomic mass is 9.83. The summed E-state index contributed by atoms with van der Waals surface area (Å²) >= 11 is 4.56. The molecule has 0 bridgehead atoms. The van der Waals surface area contributed by atoms with E-state index < -0.39 is 0 Å². The number of nitrogens with zero attached hydrogens (tertiary/aromatic N) is 3. The Hall–Kier alpha value is -3.98. The highest BCUT2D eigenvalue weighted by Gasteiger charge is 2.32. The average molecular weight is 576 g/mol. The average Bonchev–Trinajstić information content (AvgIpc) is 3.69. The SMILES string of the molecule is O=c1c(=Cc2ccc(Sc3nc4ccccc4s3)o2)sc2n1[C@@H](c1ccccc1)C1=C(N=2)c2ccccc2CC1. The van der Waals surface area contributed by atoms with Gasteiger partial charge in [-0.25, -0.2) is 9.98 Å². The van der Waals surface area contributed by atoms with Gasteiger partial charge in [0.25, 0.3) is 5.56 Å². The summed E-state index contributed by atoms with van der Waals surface area (Å²) in [5, 5.41) is 0.743. The Balaban J connectivity index is 1.22. The molecular formula is C32H21N3O2S3. The summed E-state index contributed by atoms with van der Waals surface area (Å²) in [5.74, 6) is 0.638. The fourth-order valence-electron chi connectivity index (χ4n) is 5.53. The summed E-state index contributed by atoms with van der Waals surface area (Å²) in [6.45, 7) is 0. The maximum Gasteiger partial charge on any atom is 0.271 e. The van der Waals surface area contributed by atoms with Gasteiger partial charge in [-0.05, 0) is 65.6 Å². The van der Waals surface area contributed by atoms with Gasteiger partial charge >= 0.3 is 0 Å². The van der Waals surface area contributed by atoms with Crippen LogP contribution in [0, 0.1) is 0 Å². The number of furan rings is 1. The molecule has 4 heterocycles. The van der Waals surface area contributed by atoms with E-state index in [1.165, 1.54) is 39.8 Å². The summed E-state index contributed by atoms with van der Waals surface area (Å²) < 4.78 is 10.7. The number of hydrogen-bond donors (Lipinski definition) is 0. The van der Waals surface area contributed by atoms with E-state index in [4.69, 9.17) is 14.4 Å². The van der Waals surface area contributed by atoms with E-state index in [9.17, 15) is 4.79 Å². The highest BCUT2D eigenvalue weighted by Crippen LogP contribution is 2.41. The molecule has 8 heteroatoms. The van der Waals surface area contributed by atoms with Crippen LogP contribution < -0.4 is 14.9 Å². The van der Waals surface area contributed by atoms with Crippen molar-refractivity contribution in [3.63, 3.8) is 0 Å². The lowest BCUT2D eigenvalue weighted by Crippen LogP contribution is -2.38. The molecule has 0 radical (unpaired) electrons. The molecule has 8 rings (SSSR count). The van der Waals surface area contributed by atoms with E-state index in [-0.39, 0.29) is 11.6 Å². The molecular weight excluding hydrogens is 555 g/mol. The molecule has 3 aromatic heterocycles. The molecule has 0 amide bonds. The Morgan fingerprint density at radius 1 is 0.900 bits per heavy atom. The highest BCUT2D eigenvalue weighted by atomic mass is 32.2. The van der Waals surface area contributed by atoms with Crippen molar-refractivity contribution in [1.82, 2.24) is 9.55 Å². The lowest BCUT2D eigenvalue weighted by Gasteiger charge is -2.30. The Morgan fingerprint density at radius 3 is 2.62 bits per heavy atom. The number of thiazole rings is 2. The van der Waals surface area contributed by atoms with Crippen LogP contribution in [-0.2, 0) is 6.42 Å². The molecule has 1 aliphatic heterocycles. The topological polar surface area (TPSA) is 60.4 Å². The van der Waals surface area contributed by atoms with E-state index in [1.807, 2.05) is 59.2 Å². The van der Waals surface area contributed by atoms with Gasteiger partial charge in [-0.2, -0.15) is 0 Å². The second-order valence-corrected chi connectivity index (χ2v) is 13.0. The molecule has 0 saturated heterocycles. The minimum Gasteiger partial charge on any atom is -0.450 e. The Kier molecular flexibility index (Phi) is 5.72. The molecule has 0 unspecified atom stereocenters. The van der Waals surface area contributed by atoms with Gasteiger partial charge in [0, 0.05) is 11.6 Å². The standard InChI is InChI=1S/C32H21N3O2S3/c36-30-26(18-21-15-17-27(37-21)40-32-33-24-12-6-7-13-25(24)39-32)38-31-34-28-22-11-5-4-8-19(22)14-16-23(28)29(35(30)31)20-9-2-1-3-10-20/h1-13,15,17-18,29H,14,16H2/t29-/m0/s1. The number of aryl methyl sites for hydroxylation is 1. The van der Waals surface area contributed by atoms with Gasteiger partial charge in [0.1, 0.15) is 5.76 Å². The molecule has 2 aliphatic rings. The normalized spacial score (nSPS) is 16.5. The maximum atomic E-state index is 13.9. The van der Waals surface area contributed by atoms with Crippen molar-refractivity contribution in [3.05, 3.63) is 139 Å². The number of benzene rings is 3. The molecule has 40 heavy (non-hydrogen) atoms. The maximum absolute atomic E-state index is 13.9. The Bertz CT molecular complexity index is 2100. The first kappa shape index (κ1) is 23.9. The quantitative estimate of drug-likeness (QED) is 0.236. The van der Waals surface area contributed by atoms with Gasteiger partial charge in [-0.15, -0.1) is 11.3 Å². The molecule has 194 valence electrons. The van der Waals surface area contributed by atoms with Gasteiger partial charge in [0.2, 0.25) is 0 Å². The number of aromatic nitrogens is 2. The predicted molar refractivity (Wildman–Crippen MR) is 162 cm³/mol. The van der Waals surface area contributed by atoms with E-state index in [2.05, 4.69) is 42.5 Å². The van der Waals surface area contributed by atoms with E-state index in [0.717, 1.165) is 48.6 Å². The van der Waals surface area contributed by atoms with Crippen molar-refractivity contribution < 1.29 is 4.42 Å². The molecule has 1 aliphatic carbocycles. The molecule has 0 N–H and O–H groups in total. The van der Waals surface area contributed by atoms with E-state index in [0.29, 0.717) is 10.3 Å². The van der Waals surface area contributed by atoms with E-state index in [1.54, 1.807) is 11.3 Å². The van der Waals surface area contributed by atoms with Crippen LogP contribution in [0.15, 0.2) is 120 Å². The predicted octanol–water partition coefficient (Wildman–Crippen LogP) is 6.67. The fraction of sp³-hybridized carbons (Fsp3) is 0.0938. The summed E-state index contributed by atoms with van der Waals surface area (Å²) in [7, 11) is 0. The molecule has 0 saturated carbocycles. The second kappa shape index (κ2) is 9.59. The van der Waals surface area contributed by atoms with Crippen LogP contribution in [0.1, 0.15) is 34.9 Å². The monoisotopic (exact) mass is 575 g/mol. The minimum atomic E-state index is -0.176. The van der Waals surface area contributed by atoms with Gasteiger partial charge in [-0.1, -0.05) is 78.1 Å². The van der Waals surface area contributed by atoms with Crippen molar-refractivity contribution in [2.24, 2.45) is 4.99 Å². The van der Waals surface area contributed by atoms with Crippen LogP contribution in [0.3, 0.4) is 0 Å². The van der Waals surface area contributed by atoms with Crippen molar-refractivity contribution in [2.75, 3.05) is 0 Å². The Morgan fingerprint density at radius 2 is 1.73 bits per heavy atom. The third kappa shape index (κ3) is 4.02. The van der Waals surface area contributed by atoms with E-state index >= 15 is 0 Å². The zero-order valence-corrected chi connectivity index (χ0v) is 23.6. The molecule has 1 atom stereocenters. The lowest BCUT2D eigenvalue weighted by molar-refractivity contribution is 0.466. The molecule has 6 aromatic rings. The molecule has 5 nitrogen and oxygen atoms in total. The first-order chi connectivity index (χ1) is 19.7. The second-order valence-electron chi connectivity index (χ2n) is 9.73. The number of allylic oxidation sites excluding steroid dienone is 1. The van der Waals surface area contributed by atoms with Crippen molar-refractivity contribution in [1.29, 1.82) is 0 Å². The fourth-order valence-corrected chi connectivity index (χ4v) is 8.48. The smallest absolute Gasteiger partial charge is 0.271 e. The summed E-state index contributed by atoms with van der Waals surface area (Å²) in [5.41, 5.74) is 6.74. The van der Waals surface area contributed by atoms with Gasteiger partial charge in [0.15, 0.2) is 14.2 Å². The summed E-state index contributed by atoms with van der Waals surface area (Å²) in [6, 6.07) is 30.6. The zero-order valence-electron chi connectivity index (χ0n) is 21.1. The van der Waals surface area contributed by atoms with Gasteiger partial charge < -0.3 is 4.42 Å². The minimum absolute atomic E-state index is 0.0419. The van der Waals surface area contributed by atoms with Gasteiger partial charge in [-0.3, -0.25) is 9.36 Å². The van der Waals surface area contributed by atoms with Crippen LogP contribution >= 0.6 is 34.4 Å². The first-order valence-electron chi connectivity index (χ1n) is 13.0. The number of rotatable bonds is 4. The van der Waals surface area contributed by atoms with Crippen molar-refractivity contribution in [3.8, 4) is 0 Å².